The summed E-state index contributed by atoms with van der Waals surface area (Å²) in [6.45, 7) is 10.0. The SMILES string of the molecule is CCCCOc1cccc(-c2ccccc2NC(=O)OCCN(CC)CC)c1. The first-order valence-corrected chi connectivity index (χ1v) is 10.2. The van der Waals surface area contributed by atoms with Gasteiger partial charge in [0.2, 0.25) is 0 Å². The van der Waals surface area contributed by atoms with Crippen molar-refractivity contribution < 1.29 is 14.3 Å². The normalized spacial score (nSPS) is 10.7. The molecule has 0 heterocycles. The minimum atomic E-state index is -0.435. The molecule has 0 saturated heterocycles. The minimum Gasteiger partial charge on any atom is -0.494 e. The molecule has 152 valence electrons. The maximum Gasteiger partial charge on any atom is 0.411 e. The van der Waals surface area contributed by atoms with Crippen molar-refractivity contribution in [3.05, 3.63) is 48.5 Å². The first-order valence-electron chi connectivity index (χ1n) is 10.2. The summed E-state index contributed by atoms with van der Waals surface area (Å²) in [5, 5.41) is 2.87. The number of unbranched alkanes of at least 4 members (excludes halogenated alkanes) is 1. The van der Waals surface area contributed by atoms with Crippen LogP contribution < -0.4 is 10.1 Å². The number of hydrogen-bond donors (Lipinski definition) is 1. The standard InChI is InChI=1S/C23H32N2O3/c1-4-7-16-27-20-12-10-11-19(18-20)21-13-8-9-14-22(21)24-23(26)28-17-15-25(5-2)6-3/h8-14,18H,4-7,15-17H2,1-3H3,(H,24,26). The van der Waals surface area contributed by atoms with E-state index in [1.807, 2.05) is 48.5 Å². The molecular weight excluding hydrogens is 352 g/mol. The molecule has 5 heteroatoms. The molecule has 0 aromatic heterocycles. The van der Waals surface area contributed by atoms with Gasteiger partial charge in [0.25, 0.3) is 0 Å². The number of carbonyl (C=O) groups excluding carboxylic acids is 1. The van der Waals surface area contributed by atoms with Crippen LogP contribution in [0, 0.1) is 0 Å². The van der Waals surface area contributed by atoms with E-state index in [9.17, 15) is 4.79 Å². The molecule has 2 aromatic carbocycles. The van der Waals surface area contributed by atoms with Crippen molar-refractivity contribution in [2.24, 2.45) is 0 Å². The van der Waals surface area contributed by atoms with E-state index in [4.69, 9.17) is 9.47 Å². The molecule has 0 aliphatic carbocycles. The molecule has 5 nitrogen and oxygen atoms in total. The molecular formula is C23H32N2O3. The highest BCUT2D eigenvalue weighted by atomic mass is 16.5. The third-order valence-corrected chi connectivity index (χ3v) is 4.61. The lowest BCUT2D eigenvalue weighted by molar-refractivity contribution is 0.142. The van der Waals surface area contributed by atoms with Gasteiger partial charge in [-0.3, -0.25) is 5.32 Å². The lowest BCUT2D eigenvalue weighted by atomic mass is 10.0. The van der Waals surface area contributed by atoms with Crippen LogP contribution in [0.5, 0.6) is 5.75 Å². The molecule has 0 atom stereocenters. The summed E-state index contributed by atoms with van der Waals surface area (Å²) in [5.41, 5.74) is 2.65. The largest absolute Gasteiger partial charge is 0.494 e. The number of para-hydroxylation sites is 1. The van der Waals surface area contributed by atoms with Crippen molar-refractivity contribution in [3.8, 4) is 16.9 Å². The lowest BCUT2D eigenvalue weighted by Crippen LogP contribution is -2.28. The van der Waals surface area contributed by atoms with Crippen LogP contribution in [0.1, 0.15) is 33.6 Å². The predicted molar refractivity (Wildman–Crippen MR) is 115 cm³/mol. The van der Waals surface area contributed by atoms with Gasteiger partial charge in [0, 0.05) is 12.1 Å². The fraction of sp³-hybridized carbons (Fsp3) is 0.435. The van der Waals surface area contributed by atoms with E-state index < -0.39 is 6.09 Å². The van der Waals surface area contributed by atoms with Crippen molar-refractivity contribution in [2.45, 2.75) is 33.6 Å². The quantitative estimate of drug-likeness (QED) is 0.525. The Morgan fingerprint density at radius 1 is 1.00 bits per heavy atom. The zero-order valence-corrected chi connectivity index (χ0v) is 17.2. The fourth-order valence-electron chi connectivity index (χ4n) is 2.88. The Hall–Kier alpha value is -2.53. The van der Waals surface area contributed by atoms with Gasteiger partial charge in [0.1, 0.15) is 12.4 Å². The molecule has 28 heavy (non-hydrogen) atoms. The number of anilines is 1. The molecule has 2 aromatic rings. The average Bonchev–Trinajstić information content (AvgIpc) is 2.72. The monoisotopic (exact) mass is 384 g/mol. The van der Waals surface area contributed by atoms with Gasteiger partial charge in [-0.05, 0) is 43.3 Å². The van der Waals surface area contributed by atoms with Crippen LogP contribution in [-0.2, 0) is 4.74 Å². The molecule has 0 spiro atoms. The number of likely N-dealkylation sites (N-methyl/N-ethyl adjacent to an activating group) is 1. The molecule has 0 unspecified atom stereocenters. The Morgan fingerprint density at radius 2 is 1.79 bits per heavy atom. The van der Waals surface area contributed by atoms with Crippen LogP contribution in [0.2, 0.25) is 0 Å². The number of amides is 1. The number of ether oxygens (including phenoxy) is 2. The highest BCUT2D eigenvalue weighted by Gasteiger charge is 2.10. The maximum absolute atomic E-state index is 12.2. The molecule has 2 rings (SSSR count). The van der Waals surface area contributed by atoms with E-state index in [1.54, 1.807) is 0 Å². The van der Waals surface area contributed by atoms with E-state index in [0.717, 1.165) is 55.0 Å². The molecule has 0 radical (unpaired) electrons. The first-order chi connectivity index (χ1) is 13.7. The summed E-state index contributed by atoms with van der Waals surface area (Å²) in [6.07, 6.45) is 1.69. The average molecular weight is 385 g/mol. The minimum absolute atomic E-state index is 0.371. The molecule has 1 N–H and O–H groups in total. The Labute approximate surface area is 168 Å². The van der Waals surface area contributed by atoms with E-state index >= 15 is 0 Å². The van der Waals surface area contributed by atoms with Crippen LogP contribution in [-0.4, -0.2) is 43.8 Å². The van der Waals surface area contributed by atoms with Crippen molar-refractivity contribution in [1.82, 2.24) is 4.90 Å². The van der Waals surface area contributed by atoms with Crippen LogP contribution in [0.4, 0.5) is 10.5 Å². The number of nitrogens with one attached hydrogen (secondary N) is 1. The summed E-state index contributed by atoms with van der Waals surface area (Å²) in [5.74, 6) is 0.836. The third kappa shape index (κ3) is 6.89. The summed E-state index contributed by atoms with van der Waals surface area (Å²) in [6, 6.07) is 15.7. The number of carbonyl (C=O) groups is 1. The molecule has 0 saturated carbocycles. The second-order valence-electron chi connectivity index (χ2n) is 6.56. The van der Waals surface area contributed by atoms with Crippen molar-refractivity contribution >= 4 is 11.8 Å². The van der Waals surface area contributed by atoms with E-state index in [0.29, 0.717) is 13.2 Å². The van der Waals surface area contributed by atoms with E-state index in [1.165, 1.54) is 0 Å². The summed E-state index contributed by atoms with van der Waals surface area (Å²) >= 11 is 0. The smallest absolute Gasteiger partial charge is 0.411 e. The Kier molecular flexibility index (Phi) is 9.35. The van der Waals surface area contributed by atoms with Crippen LogP contribution in [0.3, 0.4) is 0 Å². The van der Waals surface area contributed by atoms with Gasteiger partial charge in [-0.2, -0.15) is 0 Å². The zero-order chi connectivity index (χ0) is 20.2. The van der Waals surface area contributed by atoms with Gasteiger partial charge in [0.15, 0.2) is 0 Å². The Bertz CT molecular complexity index is 729. The number of benzene rings is 2. The highest BCUT2D eigenvalue weighted by molar-refractivity contribution is 5.91. The van der Waals surface area contributed by atoms with Crippen molar-refractivity contribution in [2.75, 3.05) is 38.2 Å². The lowest BCUT2D eigenvalue weighted by Gasteiger charge is -2.18. The van der Waals surface area contributed by atoms with Crippen LogP contribution in [0.15, 0.2) is 48.5 Å². The van der Waals surface area contributed by atoms with Crippen molar-refractivity contribution in [1.29, 1.82) is 0 Å². The Morgan fingerprint density at radius 3 is 2.54 bits per heavy atom. The maximum atomic E-state index is 12.2. The van der Waals surface area contributed by atoms with Crippen molar-refractivity contribution in [3.63, 3.8) is 0 Å². The highest BCUT2D eigenvalue weighted by Crippen LogP contribution is 2.30. The second-order valence-corrected chi connectivity index (χ2v) is 6.56. The molecule has 1 amide bonds. The van der Waals surface area contributed by atoms with Gasteiger partial charge in [-0.15, -0.1) is 0 Å². The molecule has 0 fully saturated rings. The van der Waals surface area contributed by atoms with Gasteiger partial charge in [0.05, 0.1) is 12.3 Å². The molecule has 0 bridgehead atoms. The van der Waals surface area contributed by atoms with Gasteiger partial charge in [-0.1, -0.05) is 57.5 Å². The summed E-state index contributed by atoms with van der Waals surface area (Å²) < 4.78 is 11.2. The third-order valence-electron chi connectivity index (χ3n) is 4.61. The van der Waals surface area contributed by atoms with Crippen LogP contribution >= 0.6 is 0 Å². The number of nitrogens with zero attached hydrogens (tertiary/aromatic N) is 1. The number of hydrogen-bond acceptors (Lipinski definition) is 4. The topological polar surface area (TPSA) is 50.8 Å². The van der Waals surface area contributed by atoms with Gasteiger partial charge < -0.3 is 14.4 Å². The second kappa shape index (κ2) is 12.0. The summed E-state index contributed by atoms with van der Waals surface area (Å²) in [7, 11) is 0. The first kappa shape index (κ1) is 21.8. The molecule has 0 aliphatic heterocycles. The predicted octanol–water partition coefficient (Wildman–Crippen LogP) is 5.42. The summed E-state index contributed by atoms with van der Waals surface area (Å²) in [4.78, 5) is 14.4. The van der Waals surface area contributed by atoms with Crippen LogP contribution in [0.25, 0.3) is 11.1 Å². The van der Waals surface area contributed by atoms with Gasteiger partial charge in [-0.25, -0.2) is 4.79 Å². The number of rotatable bonds is 11. The van der Waals surface area contributed by atoms with E-state index in [-0.39, 0.29) is 0 Å². The fourth-order valence-corrected chi connectivity index (χ4v) is 2.88. The Balaban J connectivity index is 2.02. The molecule has 0 aliphatic rings. The van der Waals surface area contributed by atoms with Gasteiger partial charge >= 0.3 is 6.09 Å². The van der Waals surface area contributed by atoms with E-state index in [2.05, 4.69) is 31.0 Å². The zero-order valence-electron chi connectivity index (χ0n) is 17.2.